The van der Waals surface area contributed by atoms with E-state index < -0.39 is 0 Å². The highest BCUT2D eigenvalue weighted by atomic mass is 32.1. The molecule has 0 atom stereocenters. The Balaban J connectivity index is 1.26. The summed E-state index contributed by atoms with van der Waals surface area (Å²) in [5.41, 5.74) is 6.29. The number of anilines is 1. The van der Waals surface area contributed by atoms with Crippen LogP contribution in [0.4, 0.5) is 5.13 Å². The second kappa shape index (κ2) is 9.75. The number of nitrogens with one attached hydrogen (secondary N) is 1. The molecular formula is C26H24N4O2S. The fraction of sp³-hybridized carbons (Fsp3) is 0.154. The Morgan fingerprint density at radius 2 is 1.79 bits per heavy atom. The Hall–Kier alpha value is -3.84. The second-order valence-corrected chi connectivity index (χ2v) is 8.54. The van der Waals surface area contributed by atoms with Crippen LogP contribution in [0.25, 0.3) is 21.1 Å². The van der Waals surface area contributed by atoms with Crippen molar-refractivity contribution in [3.8, 4) is 11.5 Å². The summed E-state index contributed by atoms with van der Waals surface area (Å²) in [4.78, 5) is 4.56. The molecule has 0 bridgehead atoms. The Labute approximate surface area is 196 Å². The maximum Gasteiger partial charge on any atom is 0.204 e. The Morgan fingerprint density at radius 1 is 1.00 bits per heavy atom. The highest BCUT2D eigenvalue weighted by molar-refractivity contribution is 7.22. The molecule has 7 heteroatoms. The number of nitrogens with zero attached hydrogens (tertiary/aromatic N) is 3. The van der Waals surface area contributed by atoms with Crippen LogP contribution in [0, 0.1) is 0 Å². The average Bonchev–Trinajstić information content (AvgIpc) is 3.43. The van der Waals surface area contributed by atoms with Gasteiger partial charge in [0.25, 0.3) is 0 Å². The smallest absolute Gasteiger partial charge is 0.204 e. The van der Waals surface area contributed by atoms with Crippen molar-refractivity contribution in [3.63, 3.8) is 0 Å². The lowest BCUT2D eigenvalue weighted by Gasteiger charge is -2.10. The molecule has 0 amide bonds. The summed E-state index contributed by atoms with van der Waals surface area (Å²) in [5, 5.41) is 6.39. The van der Waals surface area contributed by atoms with Crippen molar-refractivity contribution in [2.75, 3.05) is 19.1 Å². The fourth-order valence-electron chi connectivity index (χ4n) is 3.80. The second-order valence-electron chi connectivity index (χ2n) is 7.50. The number of aromatic nitrogens is 2. The number of fused-ring (bicyclic) bond motifs is 2. The van der Waals surface area contributed by atoms with E-state index in [2.05, 4.69) is 56.6 Å². The summed E-state index contributed by atoms with van der Waals surface area (Å²) in [6.07, 6.45) is 4.87. The molecule has 1 N–H and O–H groups in total. The summed E-state index contributed by atoms with van der Waals surface area (Å²) in [7, 11) is 1.66. The van der Waals surface area contributed by atoms with Crippen molar-refractivity contribution in [2.45, 2.75) is 13.0 Å². The zero-order valence-electron chi connectivity index (χ0n) is 18.3. The number of hydrogen-bond donors (Lipinski definition) is 1. The predicted molar refractivity (Wildman–Crippen MR) is 136 cm³/mol. The van der Waals surface area contributed by atoms with Gasteiger partial charge < -0.3 is 14.0 Å². The van der Waals surface area contributed by atoms with Crippen LogP contribution in [0.2, 0.25) is 0 Å². The minimum atomic E-state index is 0.607. The molecule has 33 heavy (non-hydrogen) atoms. The largest absolute Gasteiger partial charge is 0.493 e. The third-order valence-corrected chi connectivity index (χ3v) is 6.29. The Kier molecular flexibility index (Phi) is 6.21. The average molecular weight is 457 g/mol. The lowest BCUT2D eigenvalue weighted by Crippen LogP contribution is -2.04. The van der Waals surface area contributed by atoms with E-state index in [0.29, 0.717) is 6.61 Å². The van der Waals surface area contributed by atoms with Crippen LogP contribution >= 0.6 is 11.3 Å². The minimum Gasteiger partial charge on any atom is -0.493 e. The number of ether oxygens (including phenoxy) is 2. The van der Waals surface area contributed by atoms with E-state index in [-0.39, 0.29) is 0 Å². The van der Waals surface area contributed by atoms with E-state index in [1.807, 2.05) is 48.7 Å². The number of para-hydroxylation sites is 4. The van der Waals surface area contributed by atoms with Gasteiger partial charge in [0.1, 0.15) is 0 Å². The molecule has 0 aliphatic heterocycles. The summed E-state index contributed by atoms with van der Waals surface area (Å²) in [5.74, 6) is 1.52. The van der Waals surface area contributed by atoms with Crippen LogP contribution in [0.5, 0.6) is 11.5 Å². The molecule has 0 unspecified atom stereocenters. The first-order valence-electron chi connectivity index (χ1n) is 10.8. The molecule has 0 aliphatic carbocycles. The third kappa shape index (κ3) is 4.68. The van der Waals surface area contributed by atoms with E-state index >= 15 is 0 Å². The van der Waals surface area contributed by atoms with Crippen molar-refractivity contribution < 1.29 is 9.47 Å². The minimum absolute atomic E-state index is 0.607. The standard InChI is InChI=1S/C26H24N4O2S/c1-31-23-12-5-6-13-24(23)32-16-8-15-30-18-19(20-9-2-4-11-22(20)30)17-27-29-26-28-21-10-3-7-14-25(21)33-26/h2-7,9-14,17-18H,8,15-16H2,1H3,(H,28,29)/b27-17+. The van der Waals surface area contributed by atoms with Crippen LogP contribution in [-0.2, 0) is 6.54 Å². The van der Waals surface area contributed by atoms with Gasteiger partial charge in [-0.05, 0) is 36.8 Å². The topological polar surface area (TPSA) is 60.7 Å². The first-order valence-corrected chi connectivity index (χ1v) is 11.6. The van der Waals surface area contributed by atoms with Gasteiger partial charge in [-0.3, -0.25) is 5.43 Å². The van der Waals surface area contributed by atoms with E-state index in [0.717, 1.165) is 50.8 Å². The molecule has 5 aromatic rings. The van der Waals surface area contributed by atoms with Gasteiger partial charge in [-0.2, -0.15) is 5.10 Å². The summed E-state index contributed by atoms with van der Waals surface area (Å²) in [6.45, 7) is 1.45. The van der Waals surface area contributed by atoms with Crippen molar-refractivity contribution in [1.29, 1.82) is 0 Å². The molecule has 0 fully saturated rings. The number of rotatable bonds is 9. The van der Waals surface area contributed by atoms with Gasteiger partial charge in [0, 0.05) is 29.2 Å². The van der Waals surface area contributed by atoms with Gasteiger partial charge in [-0.15, -0.1) is 0 Å². The molecule has 0 radical (unpaired) electrons. The van der Waals surface area contributed by atoms with Crippen molar-refractivity contribution in [2.24, 2.45) is 5.10 Å². The molecule has 5 rings (SSSR count). The number of methoxy groups -OCH3 is 1. The van der Waals surface area contributed by atoms with Crippen LogP contribution in [0.3, 0.4) is 0 Å². The van der Waals surface area contributed by atoms with Crippen LogP contribution in [0.1, 0.15) is 12.0 Å². The Morgan fingerprint density at radius 3 is 2.67 bits per heavy atom. The molecule has 2 aromatic heterocycles. The van der Waals surface area contributed by atoms with Gasteiger partial charge in [0.05, 0.1) is 30.1 Å². The molecule has 2 heterocycles. The number of thiazole rings is 1. The SMILES string of the molecule is COc1ccccc1OCCCn1cc(/C=N/Nc2nc3ccccc3s2)c2ccccc21. The maximum atomic E-state index is 5.93. The highest BCUT2D eigenvalue weighted by Crippen LogP contribution is 2.27. The number of hydrazone groups is 1. The van der Waals surface area contributed by atoms with Gasteiger partial charge >= 0.3 is 0 Å². The monoisotopic (exact) mass is 456 g/mol. The first-order chi connectivity index (χ1) is 16.3. The lowest BCUT2D eigenvalue weighted by molar-refractivity contribution is 0.283. The zero-order chi connectivity index (χ0) is 22.5. The number of aryl methyl sites for hydroxylation is 1. The van der Waals surface area contributed by atoms with Crippen molar-refractivity contribution in [1.82, 2.24) is 9.55 Å². The molecule has 0 aliphatic rings. The van der Waals surface area contributed by atoms with E-state index in [1.165, 1.54) is 5.52 Å². The molecule has 6 nitrogen and oxygen atoms in total. The molecule has 0 saturated heterocycles. The van der Waals surface area contributed by atoms with Crippen molar-refractivity contribution in [3.05, 3.63) is 84.6 Å². The molecule has 0 saturated carbocycles. The van der Waals surface area contributed by atoms with Gasteiger partial charge in [0.15, 0.2) is 11.5 Å². The third-order valence-electron chi connectivity index (χ3n) is 5.35. The van der Waals surface area contributed by atoms with Crippen LogP contribution in [-0.4, -0.2) is 29.5 Å². The van der Waals surface area contributed by atoms with Gasteiger partial charge in [0.2, 0.25) is 5.13 Å². The predicted octanol–water partition coefficient (Wildman–Crippen LogP) is 6.17. The van der Waals surface area contributed by atoms with Crippen molar-refractivity contribution >= 4 is 43.8 Å². The van der Waals surface area contributed by atoms with E-state index in [9.17, 15) is 0 Å². The maximum absolute atomic E-state index is 5.93. The normalized spacial score (nSPS) is 11.4. The van der Waals surface area contributed by atoms with Crippen LogP contribution in [0.15, 0.2) is 84.1 Å². The quantitative estimate of drug-likeness (QED) is 0.164. The van der Waals surface area contributed by atoms with E-state index in [1.54, 1.807) is 18.4 Å². The number of hydrogen-bond acceptors (Lipinski definition) is 6. The van der Waals surface area contributed by atoms with Gasteiger partial charge in [-0.25, -0.2) is 4.98 Å². The molecule has 0 spiro atoms. The first kappa shape index (κ1) is 21.0. The highest BCUT2D eigenvalue weighted by Gasteiger charge is 2.08. The van der Waals surface area contributed by atoms with Crippen LogP contribution < -0.4 is 14.9 Å². The zero-order valence-corrected chi connectivity index (χ0v) is 19.1. The van der Waals surface area contributed by atoms with E-state index in [4.69, 9.17) is 9.47 Å². The molecule has 166 valence electrons. The van der Waals surface area contributed by atoms with Gasteiger partial charge in [-0.1, -0.05) is 53.8 Å². The molecular weight excluding hydrogens is 432 g/mol. The summed E-state index contributed by atoms with van der Waals surface area (Å²) < 4.78 is 14.7. The Bertz CT molecular complexity index is 1370. The lowest BCUT2D eigenvalue weighted by atomic mass is 10.2. The number of benzene rings is 3. The fourth-order valence-corrected chi connectivity index (χ4v) is 4.61. The summed E-state index contributed by atoms with van der Waals surface area (Å²) in [6, 6.07) is 24.2. The molecule has 3 aromatic carbocycles. The summed E-state index contributed by atoms with van der Waals surface area (Å²) >= 11 is 1.59.